The van der Waals surface area contributed by atoms with Gasteiger partial charge in [0, 0.05) is 55.3 Å². The molecule has 0 atom stereocenters. The number of benzene rings is 10. The summed E-state index contributed by atoms with van der Waals surface area (Å²) in [7, 11) is 0. The van der Waals surface area contributed by atoms with Crippen LogP contribution < -0.4 is 4.90 Å². The predicted octanol–water partition coefficient (Wildman–Crippen LogP) is 17.7. The lowest BCUT2D eigenvalue weighted by atomic mass is 10.00. The Morgan fingerprint density at radius 1 is 0.246 bits per heavy atom. The molecule has 0 saturated heterocycles. The number of nitrogens with zero attached hydrogens (tertiary/aromatic N) is 3. The maximum absolute atomic E-state index is 6.14. The van der Waals surface area contributed by atoms with Crippen LogP contribution in [0.1, 0.15) is 0 Å². The van der Waals surface area contributed by atoms with Crippen LogP contribution in [0.5, 0.6) is 0 Å². The molecule has 0 bridgehead atoms. The second-order valence-corrected chi connectivity index (χ2v) is 17.4. The van der Waals surface area contributed by atoms with E-state index in [-0.39, 0.29) is 0 Å². The first-order chi connectivity index (χ1) is 34.1. The number of para-hydroxylation sites is 2. The van der Waals surface area contributed by atoms with Gasteiger partial charge in [-0.3, -0.25) is 0 Å². The van der Waals surface area contributed by atoms with Gasteiger partial charge >= 0.3 is 0 Å². The smallest absolute Gasteiger partial charge is 0.160 e. The molecule has 13 aromatic rings. The lowest BCUT2D eigenvalue weighted by Crippen LogP contribution is -2.09. The molecule has 3 heterocycles. The van der Waals surface area contributed by atoms with Crippen molar-refractivity contribution in [3.8, 4) is 67.3 Å². The Morgan fingerprint density at radius 2 is 0.580 bits per heavy atom. The van der Waals surface area contributed by atoms with Crippen LogP contribution in [0.25, 0.3) is 111 Å². The van der Waals surface area contributed by atoms with Crippen LogP contribution >= 0.6 is 0 Å². The van der Waals surface area contributed by atoms with E-state index in [4.69, 9.17) is 18.8 Å². The number of anilines is 3. The molecule has 0 spiro atoms. The molecule has 0 aliphatic heterocycles. The van der Waals surface area contributed by atoms with Crippen molar-refractivity contribution >= 4 is 60.9 Å². The van der Waals surface area contributed by atoms with Gasteiger partial charge in [0.1, 0.15) is 22.3 Å². The summed E-state index contributed by atoms with van der Waals surface area (Å²) < 4.78 is 12.3. The predicted molar refractivity (Wildman–Crippen MR) is 284 cm³/mol. The number of fused-ring (bicyclic) bond motifs is 6. The molecule has 0 aliphatic rings. The van der Waals surface area contributed by atoms with Crippen molar-refractivity contribution < 1.29 is 8.83 Å². The molecule has 5 nitrogen and oxygen atoms in total. The third-order valence-corrected chi connectivity index (χ3v) is 13.1. The van der Waals surface area contributed by atoms with Gasteiger partial charge < -0.3 is 13.7 Å². The zero-order valence-corrected chi connectivity index (χ0v) is 37.3. The highest BCUT2D eigenvalue weighted by Gasteiger charge is 2.17. The van der Waals surface area contributed by atoms with E-state index < -0.39 is 0 Å². The van der Waals surface area contributed by atoms with Crippen molar-refractivity contribution in [3.63, 3.8) is 0 Å². The fraction of sp³-hybridized carbons (Fsp3) is 0. The molecule has 0 N–H and O–H groups in total. The molecule has 0 amide bonds. The lowest BCUT2D eigenvalue weighted by Gasteiger charge is -2.26. The Bertz CT molecular complexity index is 3760. The number of furan rings is 2. The molecule has 13 rings (SSSR count). The standard InChI is InChI=1S/C64H41N3O2/c1-3-11-46(12-4-1)58-41-59(66-64(65-58)48-13-5-2-6-14-48)47-21-19-42(20-22-47)43-23-31-51(32-24-43)67(52-33-25-44(26-34-52)49-29-37-62-56(39-49)54-15-7-9-17-60(54)68-62)53-35-27-45(28-36-53)50-30-38-63-57(40-50)55-16-8-10-18-61(55)69-63/h1-41H. The summed E-state index contributed by atoms with van der Waals surface area (Å²) in [6.45, 7) is 0. The van der Waals surface area contributed by atoms with Crippen molar-refractivity contribution in [2.75, 3.05) is 4.90 Å². The first-order valence-corrected chi connectivity index (χ1v) is 23.2. The number of rotatable bonds is 9. The van der Waals surface area contributed by atoms with Crippen LogP contribution in [0.4, 0.5) is 17.1 Å². The Morgan fingerprint density at radius 3 is 1.04 bits per heavy atom. The first kappa shape index (κ1) is 40.0. The molecule has 0 saturated carbocycles. The van der Waals surface area contributed by atoms with Gasteiger partial charge in [0.05, 0.1) is 11.4 Å². The summed E-state index contributed by atoms with van der Waals surface area (Å²) in [4.78, 5) is 12.4. The molecular weight excluding hydrogens is 843 g/mol. The van der Waals surface area contributed by atoms with Crippen LogP contribution in [0.2, 0.25) is 0 Å². The zero-order chi connectivity index (χ0) is 45.7. The van der Waals surface area contributed by atoms with Gasteiger partial charge in [-0.25, -0.2) is 9.97 Å². The number of hydrogen-bond donors (Lipinski definition) is 0. The van der Waals surface area contributed by atoms with Gasteiger partial charge in [-0.1, -0.05) is 170 Å². The van der Waals surface area contributed by atoms with Crippen LogP contribution in [0.15, 0.2) is 258 Å². The molecule has 0 aliphatic carbocycles. The molecule has 0 radical (unpaired) electrons. The molecular formula is C64H41N3O2. The van der Waals surface area contributed by atoms with E-state index in [0.29, 0.717) is 5.82 Å². The maximum atomic E-state index is 6.14. The van der Waals surface area contributed by atoms with Gasteiger partial charge in [0.2, 0.25) is 0 Å². The monoisotopic (exact) mass is 883 g/mol. The molecule has 69 heavy (non-hydrogen) atoms. The van der Waals surface area contributed by atoms with Gasteiger partial charge in [-0.2, -0.15) is 0 Å². The van der Waals surface area contributed by atoms with Gasteiger partial charge in [0.15, 0.2) is 5.82 Å². The first-order valence-electron chi connectivity index (χ1n) is 23.2. The minimum absolute atomic E-state index is 0.703. The number of hydrogen-bond acceptors (Lipinski definition) is 5. The van der Waals surface area contributed by atoms with Crippen LogP contribution in [-0.4, -0.2) is 9.97 Å². The van der Waals surface area contributed by atoms with Gasteiger partial charge in [-0.15, -0.1) is 0 Å². The largest absolute Gasteiger partial charge is 0.456 e. The van der Waals surface area contributed by atoms with E-state index in [0.717, 1.165) is 122 Å². The number of aromatic nitrogens is 2. The second kappa shape index (κ2) is 16.8. The van der Waals surface area contributed by atoms with E-state index in [1.807, 2.05) is 60.7 Å². The van der Waals surface area contributed by atoms with E-state index in [9.17, 15) is 0 Å². The van der Waals surface area contributed by atoms with E-state index in [2.05, 4.69) is 193 Å². The highest BCUT2D eigenvalue weighted by molar-refractivity contribution is 6.07. The molecule has 3 aromatic heterocycles. The summed E-state index contributed by atoms with van der Waals surface area (Å²) in [6.07, 6.45) is 0. The summed E-state index contributed by atoms with van der Waals surface area (Å²) in [5.41, 5.74) is 18.4. The van der Waals surface area contributed by atoms with Crippen LogP contribution in [0, 0.1) is 0 Å². The van der Waals surface area contributed by atoms with Gasteiger partial charge in [0.25, 0.3) is 0 Å². The summed E-state index contributed by atoms with van der Waals surface area (Å²) in [5.74, 6) is 0.703. The second-order valence-electron chi connectivity index (χ2n) is 17.4. The minimum atomic E-state index is 0.703. The summed E-state index contributed by atoms with van der Waals surface area (Å²) >= 11 is 0. The normalized spacial score (nSPS) is 11.5. The topological polar surface area (TPSA) is 55.3 Å². The van der Waals surface area contributed by atoms with Crippen LogP contribution in [-0.2, 0) is 0 Å². The summed E-state index contributed by atoms with van der Waals surface area (Å²) in [5, 5.41) is 4.48. The van der Waals surface area contributed by atoms with E-state index >= 15 is 0 Å². The Balaban J connectivity index is 0.836. The zero-order valence-electron chi connectivity index (χ0n) is 37.3. The van der Waals surface area contributed by atoms with Crippen molar-refractivity contribution in [2.45, 2.75) is 0 Å². The molecule has 0 fully saturated rings. The SMILES string of the molecule is c1ccc(-c2cc(-c3ccc(-c4ccc(N(c5ccc(-c6ccc7oc8ccccc8c7c6)cc5)c5ccc(-c6ccc7oc8ccccc8c7c6)cc5)cc4)cc3)nc(-c3ccccc3)n2)cc1. The minimum Gasteiger partial charge on any atom is -0.456 e. The third-order valence-electron chi connectivity index (χ3n) is 13.1. The van der Waals surface area contributed by atoms with E-state index in [1.165, 1.54) is 0 Å². The molecule has 0 unspecified atom stereocenters. The fourth-order valence-electron chi connectivity index (χ4n) is 9.57. The average molecular weight is 884 g/mol. The van der Waals surface area contributed by atoms with Crippen molar-refractivity contribution in [2.24, 2.45) is 0 Å². The fourth-order valence-corrected chi connectivity index (χ4v) is 9.57. The molecule has 5 heteroatoms. The highest BCUT2D eigenvalue weighted by atomic mass is 16.3. The van der Waals surface area contributed by atoms with E-state index in [1.54, 1.807) is 0 Å². The van der Waals surface area contributed by atoms with Gasteiger partial charge in [-0.05, 0) is 112 Å². The Kier molecular flexibility index (Phi) is 9.76. The van der Waals surface area contributed by atoms with Crippen LogP contribution in [0.3, 0.4) is 0 Å². The highest BCUT2D eigenvalue weighted by Crippen LogP contribution is 2.40. The Labute approximate surface area is 398 Å². The lowest BCUT2D eigenvalue weighted by molar-refractivity contribution is 0.668. The quantitative estimate of drug-likeness (QED) is 0.145. The molecule has 324 valence electrons. The summed E-state index contributed by atoms with van der Waals surface area (Å²) in [6, 6.07) is 87.1. The Hall–Kier alpha value is -9.32. The maximum Gasteiger partial charge on any atom is 0.160 e. The average Bonchev–Trinajstić information content (AvgIpc) is 4.00. The molecule has 10 aromatic carbocycles. The van der Waals surface area contributed by atoms with Crippen molar-refractivity contribution in [1.82, 2.24) is 9.97 Å². The van der Waals surface area contributed by atoms with Crippen molar-refractivity contribution in [1.29, 1.82) is 0 Å². The van der Waals surface area contributed by atoms with Crippen molar-refractivity contribution in [3.05, 3.63) is 249 Å². The third kappa shape index (κ3) is 7.49.